The van der Waals surface area contributed by atoms with Gasteiger partial charge in [-0.3, -0.25) is 9.78 Å². The Morgan fingerprint density at radius 2 is 1.95 bits per heavy atom. The minimum Gasteiger partial charge on any atom is -0.479 e. The first-order chi connectivity index (χ1) is 9.50. The van der Waals surface area contributed by atoms with E-state index in [0.717, 1.165) is 5.56 Å². The predicted molar refractivity (Wildman–Crippen MR) is 71.0 cm³/mol. The number of carbonyl (C=O) groups excluding carboxylic acids is 1. The Balaban J connectivity index is 2.01. The van der Waals surface area contributed by atoms with E-state index in [9.17, 15) is 9.59 Å². The van der Waals surface area contributed by atoms with E-state index in [1.54, 1.807) is 24.3 Å². The van der Waals surface area contributed by atoms with Gasteiger partial charge in [-0.1, -0.05) is 0 Å². The second kappa shape index (κ2) is 6.00. The van der Waals surface area contributed by atoms with Crippen LogP contribution in [0, 0.1) is 0 Å². The zero-order valence-corrected chi connectivity index (χ0v) is 11.5. The minimum absolute atomic E-state index is 0.113. The smallest absolute Gasteiger partial charge is 0.332 e. The van der Waals surface area contributed by atoms with Gasteiger partial charge in [0.25, 0.3) is 5.91 Å². The fraction of sp³-hybridized carbons (Fsp3) is 0.500. The summed E-state index contributed by atoms with van der Waals surface area (Å²) in [5.74, 6) is -1.19. The lowest BCUT2D eigenvalue weighted by atomic mass is 10.1. The van der Waals surface area contributed by atoms with Crippen molar-refractivity contribution in [3.63, 3.8) is 0 Å². The van der Waals surface area contributed by atoms with Crippen LogP contribution in [0.15, 0.2) is 24.5 Å². The summed E-state index contributed by atoms with van der Waals surface area (Å²) in [5.41, 5.74) is 0.976. The van der Waals surface area contributed by atoms with Crippen molar-refractivity contribution in [1.82, 2.24) is 9.88 Å². The molecule has 0 aromatic carbocycles. The number of rotatable bonds is 4. The molecule has 20 heavy (non-hydrogen) atoms. The molecule has 1 N–H and O–H groups in total. The summed E-state index contributed by atoms with van der Waals surface area (Å²) in [6.07, 6.45) is 2.65. The van der Waals surface area contributed by atoms with Crippen LogP contribution >= 0.6 is 0 Å². The number of likely N-dealkylation sites (N-methyl/N-ethyl adjacent to an activating group) is 1. The van der Waals surface area contributed by atoms with E-state index in [1.165, 1.54) is 0 Å². The van der Waals surface area contributed by atoms with E-state index in [1.807, 2.05) is 19.1 Å². The van der Waals surface area contributed by atoms with E-state index < -0.39 is 18.2 Å². The maximum Gasteiger partial charge on any atom is 0.332 e. The number of amides is 1. The summed E-state index contributed by atoms with van der Waals surface area (Å²) in [6, 6.07) is 3.59. The predicted octanol–water partition coefficient (Wildman–Crippen LogP) is 1.23. The first-order valence-electron chi connectivity index (χ1n) is 6.55. The first-order valence-corrected chi connectivity index (χ1v) is 6.55. The molecule has 0 saturated carbocycles. The minimum atomic E-state index is -1.01. The number of aromatic nitrogens is 1. The molecule has 1 aliphatic rings. The molecule has 1 saturated heterocycles. The van der Waals surface area contributed by atoms with E-state index in [4.69, 9.17) is 9.84 Å². The van der Waals surface area contributed by atoms with Crippen molar-refractivity contribution in [3.05, 3.63) is 30.1 Å². The summed E-state index contributed by atoms with van der Waals surface area (Å²) < 4.78 is 5.29. The molecule has 2 heterocycles. The zero-order valence-electron chi connectivity index (χ0n) is 11.5. The lowest BCUT2D eigenvalue weighted by molar-refractivity contribution is -0.155. The average Bonchev–Trinajstić information content (AvgIpc) is 2.96. The van der Waals surface area contributed by atoms with Crippen molar-refractivity contribution in [3.8, 4) is 0 Å². The van der Waals surface area contributed by atoms with Crippen molar-refractivity contribution in [1.29, 1.82) is 0 Å². The fourth-order valence-corrected chi connectivity index (χ4v) is 2.28. The molecule has 1 amide bonds. The summed E-state index contributed by atoms with van der Waals surface area (Å²) in [7, 11) is 1.70. The number of aliphatic carboxylic acids is 1. The van der Waals surface area contributed by atoms with Crippen LogP contribution in [0.4, 0.5) is 0 Å². The van der Waals surface area contributed by atoms with E-state index >= 15 is 0 Å². The van der Waals surface area contributed by atoms with Gasteiger partial charge in [0, 0.05) is 19.4 Å². The number of ether oxygens (including phenoxy) is 1. The largest absolute Gasteiger partial charge is 0.479 e. The molecule has 1 fully saturated rings. The van der Waals surface area contributed by atoms with Gasteiger partial charge in [0.15, 0.2) is 6.10 Å². The van der Waals surface area contributed by atoms with Crippen LogP contribution in [0.25, 0.3) is 0 Å². The van der Waals surface area contributed by atoms with Crippen LogP contribution < -0.4 is 0 Å². The molecule has 6 nitrogen and oxygen atoms in total. The molecule has 0 radical (unpaired) electrons. The second-order valence-corrected chi connectivity index (χ2v) is 4.93. The van der Waals surface area contributed by atoms with Gasteiger partial charge in [-0.15, -0.1) is 0 Å². The Kier molecular flexibility index (Phi) is 4.34. The molecule has 3 atom stereocenters. The SMILES string of the molecule is CC(c1ccncc1)N(C)C(=O)C1CCC(C(=O)O)O1. The van der Waals surface area contributed by atoms with Gasteiger partial charge in [0.05, 0.1) is 6.04 Å². The molecule has 1 aromatic heterocycles. The van der Waals surface area contributed by atoms with Gasteiger partial charge >= 0.3 is 5.97 Å². The lowest BCUT2D eigenvalue weighted by Gasteiger charge is -2.27. The number of nitrogens with zero attached hydrogens (tertiary/aromatic N) is 2. The number of carbonyl (C=O) groups is 2. The summed E-state index contributed by atoms with van der Waals surface area (Å²) >= 11 is 0. The van der Waals surface area contributed by atoms with Gasteiger partial charge in [-0.05, 0) is 37.5 Å². The first kappa shape index (κ1) is 14.5. The summed E-state index contributed by atoms with van der Waals surface area (Å²) in [6.45, 7) is 1.91. The van der Waals surface area contributed by atoms with Crippen molar-refractivity contribution in [2.45, 2.75) is 38.0 Å². The standard InChI is InChI=1S/C14H18N2O4/c1-9(10-5-7-15-8-6-10)16(2)13(17)11-3-4-12(20-11)14(18)19/h5-9,11-12H,3-4H2,1-2H3,(H,18,19). The fourth-order valence-electron chi connectivity index (χ4n) is 2.28. The number of pyridine rings is 1. The van der Waals surface area contributed by atoms with Crippen molar-refractivity contribution in [2.24, 2.45) is 0 Å². The molecule has 0 spiro atoms. The highest BCUT2D eigenvalue weighted by atomic mass is 16.5. The monoisotopic (exact) mass is 278 g/mol. The molecule has 1 aromatic rings. The highest BCUT2D eigenvalue weighted by molar-refractivity contribution is 5.82. The molecule has 108 valence electrons. The topological polar surface area (TPSA) is 79.7 Å². The molecular weight excluding hydrogens is 260 g/mol. The Labute approximate surface area is 117 Å². The third kappa shape index (κ3) is 2.96. The Morgan fingerprint density at radius 1 is 1.35 bits per heavy atom. The highest BCUT2D eigenvalue weighted by Gasteiger charge is 2.37. The molecule has 6 heteroatoms. The molecule has 3 unspecified atom stereocenters. The third-order valence-corrected chi connectivity index (χ3v) is 3.69. The Hall–Kier alpha value is -1.95. The van der Waals surface area contributed by atoms with Crippen LogP contribution in [0.3, 0.4) is 0 Å². The van der Waals surface area contributed by atoms with Gasteiger partial charge in [0.1, 0.15) is 6.10 Å². The maximum absolute atomic E-state index is 12.3. The van der Waals surface area contributed by atoms with Crippen LogP contribution in [-0.2, 0) is 14.3 Å². The van der Waals surface area contributed by atoms with Gasteiger partial charge in [0.2, 0.25) is 0 Å². The second-order valence-electron chi connectivity index (χ2n) is 4.93. The lowest BCUT2D eigenvalue weighted by Crippen LogP contribution is -2.38. The number of carboxylic acid groups (broad SMARTS) is 1. The molecule has 0 bridgehead atoms. The van der Waals surface area contributed by atoms with Crippen LogP contribution in [-0.4, -0.2) is 46.1 Å². The quantitative estimate of drug-likeness (QED) is 0.896. The summed E-state index contributed by atoms with van der Waals surface area (Å²) in [5, 5.41) is 8.88. The van der Waals surface area contributed by atoms with Crippen LogP contribution in [0.5, 0.6) is 0 Å². The van der Waals surface area contributed by atoms with Gasteiger partial charge in [-0.25, -0.2) is 4.79 Å². The average molecular weight is 278 g/mol. The Morgan fingerprint density at radius 3 is 2.50 bits per heavy atom. The zero-order chi connectivity index (χ0) is 14.7. The normalized spacial score (nSPS) is 23.3. The van der Waals surface area contributed by atoms with Crippen LogP contribution in [0.2, 0.25) is 0 Å². The van der Waals surface area contributed by atoms with Crippen LogP contribution in [0.1, 0.15) is 31.4 Å². The van der Waals surface area contributed by atoms with Crippen molar-refractivity contribution < 1.29 is 19.4 Å². The highest BCUT2D eigenvalue weighted by Crippen LogP contribution is 2.25. The van der Waals surface area contributed by atoms with E-state index in [-0.39, 0.29) is 11.9 Å². The maximum atomic E-state index is 12.3. The third-order valence-electron chi connectivity index (χ3n) is 3.69. The van der Waals surface area contributed by atoms with E-state index in [0.29, 0.717) is 12.8 Å². The molecule has 0 aliphatic carbocycles. The number of carboxylic acids is 1. The van der Waals surface area contributed by atoms with Gasteiger partial charge < -0.3 is 14.7 Å². The van der Waals surface area contributed by atoms with Crippen molar-refractivity contribution in [2.75, 3.05) is 7.05 Å². The van der Waals surface area contributed by atoms with Gasteiger partial charge in [-0.2, -0.15) is 0 Å². The molecular formula is C14H18N2O4. The van der Waals surface area contributed by atoms with E-state index in [2.05, 4.69) is 4.98 Å². The number of hydrogen-bond donors (Lipinski definition) is 1. The Bertz CT molecular complexity index is 491. The molecule has 2 rings (SSSR count). The van der Waals surface area contributed by atoms with Crippen molar-refractivity contribution >= 4 is 11.9 Å². The molecule has 1 aliphatic heterocycles. The summed E-state index contributed by atoms with van der Waals surface area (Å²) in [4.78, 5) is 28.7. The number of hydrogen-bond acceptors (Lipinski definition) is 4.